The summed E-state index contributed by atoms with van der Waals surface area (Å²) >= 11 is 5.98. The van der Waals surface area contributed by atoms with Gasteiger partial charge < -0.3 is 15.3 Å². The highest BCUT2D eigenvalue weighted by Crippen LogP contribution is 2.25. The van der Waals surface area contributed by atoms with Crippen LogP contribution in [-0.4, -0.2) is 25.1 Å². The van der Waals surface area contributed by atoms with Crippen LogP contribution in [0.25, 0.3) is 0 Å². The molecule has 0 fully saturated rings. The Bertz CT molecular complexity index is 684. The molecule has 0 radical (unpaired) electrons. The molecule has 1 amide bonds. The van der Waals surface area contributed by atoms with Gasteiger partial charge in [0.05, 0.1) is 10.6 Å². The summed E-state index contributed by atoms with van der Waals surface area (Å²) < 4.78 is 0. The SMILES string of the molecule is Cc1ccc(NC(=O)c2cc(O)ccc2Cl)cc1N(C)C. The molecule has 0 aliphatic rings. The smallest absolute Gasteiger partial charge is 0.257 e. The zero-order chi connectivity index (χ0) is 15.6. The van der Waals surface area contributed by atoms with Crippen molar-refractivity contribution in [2.75, 3.05) is 24.3 Å². The van der Waals surface area contributed by atoms with Gasteiger partial charge in [0, 0.05) is 25.5 Å². The lowest BCUT2D eigenvalue weighted by Gasteiger charge is -2.17. The Morgan fingerprint density at radius 1 is 1.19 bits per heavy atom. The van der Waals surface area contributed by atoms with Gasteiger partial charge in [-0.05, 0) is 42.8 Å². The second-order valence-corrected chi connectivity index (χ2v) is 5.42. The average molecular weight is 305 g/mol. The number of anilines is 2. The zero-order valence-corrected chi connectivity index (χ0v) is 12.9. The minimum Gasteiger partial charge on any atom is -0.508 e. The molecule has 2 N–H and O–H groups in total. The van der Waals surface area contributed by atoms with E-state index in [2.05, 4.69) is 5.32 Å². The summed E-state index contributed by atoms with van der Waals surface area (Å²) in [6.07, 6.45) is 0. The van der Waals surface area contributed by atoms with Gasteiger partial charge in [0.1, 0.15) is 5.75 Å². The molecule has 4 nitrogen and oxygen atoms in total. The largest absolute Gasteiger partial charge is 0.508 e. The summed E-state index contributed by atoms with van der Waals surface area (Å²) in [6, 6.07) is 9.94. The van der Waals surface area contributed by atoms with Crippen LogP contribution in [0.2, 0.25) is 5.02 Å². The van der Waals surface area contributed by atoms with E-state index < -0.39 is 0 Å². The standard InChI is InChI=1S/C16H17ClN2O2/c1-10-4-5-11(8-15(10)19(2)3)18-16(21)13-9-12(20)6-7-14(13)17/h4-9,20H,1-3H3,(H,18,21). The van der Waals surface area contributed by atoms with E-state index in [0.717, 1.165) is 11.3 Å². The van der Waals surface area contributed by atoms with Crippen LogP contribution in [0.3, 0.4) is 0 Å². The fourth-order valence-corrected chi connectivity index (χ4v) is 2.26. The third-order valence-electron chi connectivity index (χ3n) is 3.14. The summed E-state index contributed by atoms with van der Waals surface area (Å²) in [5, 5.41) is 12.5. The number of aromatic hydroxyl groups is 1. The number of halogens is 1. The fraction of sp³-hybridized carbons (Fsp3) is 0.188. The molecular formula is C16H17ClN2O2. The second-order valence-electron chi connectivity index (χ2n) is 5.01. The van der Waals surface area contributed by atoms with Crippen LogP contribution >= 0.6 is 11.6 Å². The summed E-state index contributed by atoms with van der Waals surface area (Å²) in [5.41, 5.74) is 3.06. The number of nitrogens with zero attached hydrogens (tertiary/aromatic N) is 1. The van der Waals surface area contributed by atoms with Crippen LogP contribution in [0.1, 0.15) is 15.9 Å². The molecular weight excluding hydrogens is 288 g/mol. The predicted octanol–water partition coefficient (Wildman–Crippen LogP) is 3.67. The van der Waals surface area contributed by atoms with E-state index in [1.165, 1.54) is 18.2 Å². The van der Waals surface area contributed by atoms with Gasteiger partial charge in [-0.15, -0.1) is 0 Å². The molecule has 2 rings (SSSR count). The van der Waals surface area contributed by atoms with Crippen molar-refractivity contribution in [2.24, 2.45) is 0 Å². The van der Waals surface area contributed by atoms with Crippen LogP contribution in [0, 0.1) is 6.92 Å². The molecule has 2 aromatic carbocycles. The Labute approximate surface area is 129 Å². The van der Waals surface area contributed by atoms with Gasteiger partial charge in [-0.1, -0.05) is 17.7 Å². The Hall–Kier alpha value is -2.20. The van der Waals surface area contributed by atoms with E-state index in [0.29, 0.717) is 10.7 Å². The molecule has 0 bridgehead atoms. The molecule has 0 aliphatic heterocycles. The molecule has 0 heterocycles. The topological polar surface area (TPSA) is 52.6 Å². The number of benzene rings is 2. The molecule has 0 saturated heterocycles. The van der Waals surface area contributed by atoms with E-state index in [1.54, 1.807) is 0 Å². The first-order valence-corrected chi connectivity index (χ1v) is 6.84. The minimum atomic E-state index is -0.357. The monoisotopic (exact) mass is 304 g/mol. The lowest BCUT2D eigenvalue weighted by atomic mass is 10.1. The van der Waals surface area contributed by atoms with Crippen molar-refractivity contribution in [3.63, 3.8) is 0 Å². The Morgan fingerprint density at radius 2 is 1.90 bits per heavy atom. The van der Waals surface area contributed by atoms with Gasteiger partial charge in [0.25, 0.3) is 5.91 Å². The van der Waals surface area contributed by atoms with Gasteiger partial charge >= 0.3 is 0 Å². The molecule has 0 spiro atoms. The molecule has 2 aromatic rings. The van der Waals surface area contributed by atoms with Crippen LogP contribution in [-0.2, 0) is 0 Å². The summed E-state index contributed by atoms with van der Waals surface area (Å²) in [7, 11) is 3.89. The van der Waals surface area contributed by atoms with Crippen LogP contribution < -0.4 is 10.2 Å². The first-order chi connectivity index (χ1) is 9.88. The van der Waals surface area contributed by atoms with E-state index in [-0.39, 0.29) is 17.2 Å². The fourth-order valence-electron chi connectivity index (χ4n) is 2.05. The summed E-state index contributed by atoms with van der Waals surface area (Å²) in [5.74, 6) is -0.355. The predicted molar refractivity (Wildman–Crippen MR) is 86.6 cm³/mol. The van der Waals surface area contributed by atoms with Crippen molar-refractivity contribution in [3.8, 4) is 5.75 Å². The Kier molecular flexibility index (Phi) is 4.38. The van der Waals surface area contributed by atoms with Crippen molar-refractivity contribution in [3.05, 3.63) is 52.5 Å². The Balaban J connectivity index is 2.27. The van der Waals surface area contributed by atoms with Crippen LogP contribution in [0.5, 0.6) is 5.75 Å². The van der Waals surface area contributed by atoms with Gasteiger partial charge in [-0.2, -0.15) is 0 Å². The number of phenols is 1. The van der Waals surface area contributed by atoms with Crippen molar-refractivity contribution in [1.29, 1.82) is 0 Å². The normalized spacial score (nSPS) is 10.3. The lowest BCUT2D eigenvalue weighted by molar-refractivity contribution is 0.102. The van der Waals surface area contributed by atoms with Gasteiger partial charge in [0.2, 0.25) is 0 Å². The first kappa shape index (κ1) is 15.2. The molecule has 5 heteroatoms. The Morgan fingerprint density at radius 3 is 2.57 bits per heavy atom. The first-order valence-electron chi connectivity index (χ1n) is 6.46. The van der Waals surface area contributed by atoms with Crippen molar-refractivity contribution in [1.82, 2.24) is 0 Å². The lowest BCUT2D eigenvalue weighted by Crippen LogP contribution is -2.14. The number of aryl methyl sites for hydroxylation is 1. The van der Waals surface area contributed by atoms with Crippen LogP contribution in [0.15, 0.2) is 36.4 Å². The third kappa shape index (κ3) is 3.47. The summed E-state index contributed by atoms with van der Waals surface area (Å²) in [4.78, 5) is 14.2. The molecule has 0 unspecified atom stereocenters. The number of hydrogen-bond acceptors (Lipinski definition) is 3. The molecule has 0 saturated carbocycles. The number of amides is 1. The highest BCUT2D eigenvalue weighted by Gasteiger charge is 2.12. The molecule has 21 heavy (non-hydrogen) atoms. The minimum absolute atomic E-state index is 0.00226. The van der Waals surface area contributed by atoms with E-state index in [1.807, 2.05) is 44.1 Å². The number of hydrogen-bond donors (Lipinski definition) is 2. The number of rotatable bonds is 3. The van der Waals surface area contributed by atoms with Crippen molar-refractivity contribution in [2.45, 2.75) is 6.92 Å². The van der Waals surface area contributed by atoms with Gasteiger partial charge in [-0.25, -0.2) is 0 Å². The molecule has 0 aliphatic carbocycles. The molecule has 0 atom stereocenters. The third-order valence-corrected chi connectivity index (χ3v) is 3.47. The molecule has 110 valence electrons. The second kappa shape index (κ2) is 6.06. The van der Waals surface area contributed by atoms with E-state index >= 15 is 0 Å². The number of nitrogens with one attached hydrogen (secondary N) is 1. The van der Waals surface area contributed by atoms with Crippen molar-refractivity contribution >= 4 is 28.9 Å². The maximum absolute atomic E-state index is 12.2. The van der Waals surface area contributed by atoms with Crippen LogP contribution in [0.4, 0.5) is 11.4 Å². The highest BCUT2D eigenvalue weighted by atomic mass is 35.5. The highest BCUT2D eigenvalue weighted by molar-refractivity contribution is 6.34. The summed E-state index contributed by atoms with van der Waals surface area (Å²) in [6.45, 7) is 2.01. The number of phenolic OH excluding ortho intramolecular Hbond substituents is 1. The van der Waals surface area contributed by atoms with Crippen molar-refractivity contribution < 1.29 is 9.90 Å². The van der Waals surface area contributed by atoms with Gasteiger partial charge in [0.15, 0.2) is 0 Å². The van der Waals surface area contributed by atoms with E-state index in [9.17, 15) is 9.90 Å². The van der Waals surface area contributed by atoms with E-state index in [4.69, 9.17) is 11.6 Å². The quantitative estimate of drug-likeness (QED) is 0.909. The average Bonchev–Trinajstić information content (AvgIpc) is 2.43. The zero-order valence-electron chi connectivity index (χ0n) is 12.1. The number of carbonyl (C=O) groups excluding carboxylic acids is 1. The maximum atomic E-state index is 12.2. The number of carbonyl (C=O) groups is 1. The maximum Gasteiger partial charge on any atom is 0.257 e. The molecule has 0 aromatic heterocycles. The van der Waals surface area contributed by atoms with Gasteiger partial charge in [-0.3, -0.25) is 4.79 Å².